The van der Waals surface area contributed by atoms with Crippen molar-refractivity contribution < 1.29 is 14.3 Å². The summed E-state index contributed by atoms with van der Waals surface area (Å²) in [6.07, 6.45) is 3.95. The van der Waals surface area contributed by atoms with Crippen LogP contribution < -0.4 is 5.56 Å². The predicted molar refractivity (Wildman–Crippen MR) is 90.3 cm³/mol. The lowest BCUT2D eigenvalue weighted by Gasteiger charge is -2.11. The Hall–Kier alpha value is -2.21. The second-order valence-corrected chi connectivity index (χ2v) is 5.86. The molecule has 0 saturated carbocycles. The number of hydrogen-bond acceptors (Lipinski definition) is 5. The van der Waals surface area contributed by atoms with Gasteiger partial charge >= 0.3 is 5.97 Å². The molecule has 0 saturated heterocycles. The van der Waals surface area contributed by atoms with Crippen molar-refractivity contribution in [3.8, 4) is 0 Å². The lowest BCUT2D eigenvalue weighted by molar-refractivity contribution is 0.0335. The Morgan fingerprint density at radius 3 is 2.96 bits per heavy atom. The van der Waals surface area contributed by atoms with E-state index in [9.17, 15) is 9.59 Å². The molecular weight excluding hydrogens is 308 g/mol. The number of esters is 1. The Morgan fingerprint density at radius 2 is 2.12 bits per heavy atom. The first-order chi connectivity index (χ1) is 11.7. The van der Waals surface area contributed by atoms with Gasteiger partial charge in [0, 0.05) is 19.6 Å². The van der Waals surface area contributed by atoms with Crippen LogP contribution in [0, 0.1) is 0 Å². The zero-order valence-electron chi connectivity index (χ0n) is 13.9. The number of ether oxygens (including phenoxy) is 2. The van der Waals surface area contributed by atoms with Gasteiger partial charge in [0.15, 0.2) is 0 Å². The van der Waals surface area contributed by atoms with Gasteiger partial charge in [0.05, 0.1) is 23.1 Å². The fraction of sp³-hybridized carbons (Fsp3) is 0.500. The minimum Gasteiger partial charge on any atom is -0.460 e. The molecule has 0 bridgehead atoms. The molecule has 0 spiro atoms. The highest BCUT2D eigenvalue weighted by Gasteiger charge is 2.15. The number of nitrogens with zero attached hydrogens (tertiary/aromatic N) is 2. The molecular formula is C18H22N2O4. The van der Waals surface area contributed by atoms with Gasteiger partial charge in [-0.1, -0.05) is 6.42 Å². The van der Waals surface area contributed by atoms with Crippen LogP contribution in [0.1, 0.15) is 42.4 Å². The monoisotopic (exact) mass is 330 g/mol. The highest BCUT2D eigenvalue weighted by molar-refractivity contribution is 5.94. The summed E-state index contributed by atoms with van der Waals surface area (Å²) in [6.45, 7) is 3.79. The molecule has 0 amide bonds. The van der Waals surface area contributed by atoms with Crippen molar-refractivity contribution in [3.63, 3.8) is 0 Å². The molecule has 2 heterocycles. The Balaban J connectivity index is 1.88. The molecule has 0 unspecified atom stereocenters. The van der Waals surface area contributed by atoms with Gasteiger partial charge in [0.1, 0.15) is 12.4 Å². The van der Waals surface area contributed by atoms with Crippen molar-refractivity contribution in [3.05, 3.63) is 39.9 Å². The third-order valence-electron chi connectivity index (χ3n) is 4.22. The molecule has 1 aliphatic rings. The molecule has 128 valence electrons. The van der Waals surface area contributed by atoms with Crippen molar-refractivity contribution in [2.24, 2.45) is 0 Å². The number of carbonyl (C=O) groups excluding carboxylic acids is 1. The molecule has 6 heteroatoms. The first-order valence-electron chi connectivity index (χ1n) is 8.49. The van der Waals surface area contributed by atoms with E-state index in [0.717, 1.165) is 38.1 Å². The van der Waals surface area contributed by atoms with E-state index in [1.54, 1.807) is 22.8 Å². The lowest BCUT2D eigenvalue weighted by Crippen LogP contribution is -2.24. The minimum atomic E-state index is -0.423. The van der Waals surface area contributed by atoms with Crippen LogP contribution in [-0.2, 0) is 22.4 Å². The zero-order valence-corrected chi connectivity index (χ0v) is 13.9. The number of benzene rings is 1. The van der Waals surface area contributed by atoms with E-state index < -0.39 is 5.97 Å². The average molecular weight is 330 g/mol. The number of aromatic nitrogens is 2. The maximum Gasteiger partial charge on any atom is 0.338 e. The molecule has 1 aromatic heterocycles. The van der Waals surface area contributed by atoms with Crippen LogP contribution in [0.25, 0.3) is 10.9 Å². The molecule has 3 rings (SSSR count). The normalized spacial score (nSPS) is 14.2. The number of aryl methyl sites for hydroxylation is 1. The summed E-state index contributed by atoms with van der Waals surface area (Å²) in [5.74, 6) is 0.389. The highest BCUT2D eigenvalue weighted by Crippen LogP contribution is 2.16. The zero-order chi connectivity index (χ0) is 16.9. The summed E-state index contributed by atoms with van der Waals surface area (Å²) in [5.41, 5.74) is 0.949. The van der Waals surface area contributed by atoms with Crippen LogP contribution in [0.3, 0.4) is 0 Å². The summed E-state index contributed by atoms with van der Waals surface area (Å²) in [5, 5.41) is 0.548. The maximum atomic E-state index is 12.6. The van der Waals surface area contributed by atoms with E-state index in [1.807, 2.05) is 6.92 Å². The van der Waals surface area contributed by atoms with Crippen molar-refractivity contribution in [1.82, 2.24) is 9.55 Å². The second-order valence-electron chi connectivity index (χ2n) is 5.86. The van der Waals surface area contributed by atoms with E-state index in [4.69, 9.17) is 9.47 Å². The van der Waals surface area contributed by atoms with Crippen LogP contribution in [0.15, 0.2) is 23.0 Å². The first kappa shape index (κ1) is 16.6. The summed E-state index contributed by atoms with van der Waals surface area (Å²) >= 11 is 0. The quantitative estimate of drug-likeness (QED) is 0.621. The van der Waals surface area contributed by atoms with E-state index in [0.29, 0.717) is 29.7 Å². The van der Waals surface area contributed by atoms with Crippen molar-refractivity contribution >= 4 is 16.9 Å². The molecule has 6 nitrogen and oxygen atoms in total. The summed E-state index contributed by atoms with van der Waals surface area (Å²) < 4.78 is 12.1. The maximum absolute atomic E-state index is 12.6. The smallest absolute Gasteiger partial charge is 0.338 e. The minimum absolute atomic E-state index is 0.0202. The molecule has 0 radical (unpaired) electrons. The Kier molecular flexibility index (Phi) is 5.25. The van der Waals surface area contributed by atoms with Gasteiger partial charge < -0.3 is 9.47 Å². The van der Waals surface area contributed by atoms with Gasteiger partial charge in [0.25, 0.3) is 5.56 Å². The molecule has 1 aliphatic heterocycles. The fourth-order valence-electron chi connectivity index (χ4n) is 2.97. The standard InChI is InChI=1S/C18H22N2O4/c1-2-23-10-11-24-18(22)13-7-8-14-15(12-13)19-16-6-4-3-5-9-20(16)17(14)21/h7-8,12H,2-6,9-11H2,1H3. The van der Waals surface area contributed by atoms with Crippen molar-refractivity contribution in [2.75, 3.05) is 19.8 Å². The van der Waals surface area contributed by atoms with Crippen molar-refractivity contribution in [2.45, 2.75) is 39.2 Å². The largest absolute Gasteiger partial charge is 0.460 e. The average Bonchev–Trinajstić information content (AvgIpc) is 2.84. The summed E-state index contributed by atoms with van der Waals surface area (Å²) in [4.78, 5) is 29.4. The van der Waals surface area contributed by atoms with Gasteiger partial charge in [-0.3, -0.25) is 9.36 Å². The number of carbonyl (C=O) groups is 1. The Labute approximate surface area is 140 Å². The summed E-state index contributed by atoms with van der Waals surface area (Å²) in [7, 11) is 0. The van der Waals surface area contributed by atoms with Gasteiger partial charge in [0.2, 0.25) is 0 Å². The third kappa shape index (κ3) is 3.48. The molecule has 0 atom stereocenters. The van der Waals surface area contributed by atoms with E-state index in [1.165, 1.54) is 0 Å². The van der Waals surface area contributed by atoms with Crippen LogP contribution in [0.4, 0.5) is 0 Å². The summed E-state index contributed by atoms with van der Waals surface area (Å²) in [6, 6.07) is 4.94. The third-order valence-corrected chi connectivity index (χ3v) is 4.22. The molecule has 0 fully saturated rings. The Morgan fingerprint density at radius 1 is 1.25 bits per heavy atom. The Bertz CT molecular complexity index is 797. The van der Waals surface area contributed by atoms with Crippen LogP contribution in [-0.4, -0.2) is 35.3 Å². The first-order valence-corrected chi connectivity index (χ1v) is 8.49. The lowest BCUT2D eigenvalue weighted by atomic mass is 10.1. The van der Waals surface area contributed by atoms with Crippen LogP contribution in [0.2, 0.25) is 0 Å². The SMILES string of the molecule is CCOCCOC(=O)c1ccc2c(=O)n3c(nc2c1)CCCCC3. The molecule has 0 aliphatic carbocycles. The van der Waals surface area contributed by atoms with Crippen molar-refractivity contribution in [1.29, 1.82) is 0 Å². The van der Waals surface area contributed by atoms with E-state index in [2.05, 4.69) is 4.98 Å². The van der Waals surface area contributed by atoms with Gasteiger partial charge in [-0.25, -0.2) is 9.78 Å². The molecule has 24 heavy (non-hydrogen) atoms. The number of hydrogen-bond donors (Lipinski definition) is 0. The van der Waals surface area contributed by atoms with Gasteiger partial charge in [-0.15, -0.1) is 0 Å². The molecule has 2 aromatic rings. The topological polar surface area (TPSA) is 70.4 Å². The highest BCUT2D eigenvalue weighted by atomic mass is 16.6. The number of rotatable bonds is 5. The van der Waals surface area contributed by atoms with Crippen LogP contribution >= 0.6 is 0 Å². The van der Waals surface area contributed by atoms with E-state index >= 15 is 0 Å². The molecule has 0 N–H and O–H groups in total. The second kappa shape index (κ2) is 7.57. The van der Waals surface area contributed by atoms with Gasteiger partial charge in [-0.05, 0) is 38.0 Å². The molecule has 1 aromatic carbocycles. The number of fused-ring (bicyclic) bond motifs is 2. The van der Waals surface area contributed by atoms with E-state index in [-0.39, 0.29) is 12.2 Å². The predicted octanol–water partition coefficient (Wildman–Crippen LogP) is 2.32. The van der Waals surface area contributed by atoms with Crippen LogP contribution in [0.5, 0.6) is 0 Å². The van der Waals surface area contributed by atoms with Gasteiger partial charge in [-0.2, -0.15) is 0 Å². The fourth-order valence-corrected chi connectivity index (χ4v) is 2.97.